The fourth-order valence-corrected chi connectivity index (χ4v) is 3.55. The zero-order valence-electron chi connectivity index (χ0n) is 16.3. The van der Waals surface area contributed by atoms with E-state index in [2.05, 4.69) is 15.2 Å². The van der Waals surface area contributed by atoms with Gasteiger partial charge in [-0.1, -0.05) is 82.4 Å². The molecule has 8 heteroatoms. The van der Waals surface area contributed by atoms with Crippen LogP contribution in [0.5, 0.6) is 0 Å². The summed E-state index contributed by atoms with van der Waals surface area (Å²) >= 11 is 18.2. The van der Waals surface area contributed by atoms with Gasteiger partial charge in [-0.05, 0) is 35.4 Å². The summed E-state index contributed by atoms with van der Waals surface area (Å²) in [6.07, 6.45) is 3.11. The number of benzene rings is 3. The van der Waals surface area contributed by atoms with Crippen molar-refractivity contribution in [3.05, 3.63) is 106 Å². The Labute approximate surface area is 194 Å². The van der Waals surface area contributed by atoms with E-state index >= 15 is 0 Å². The highest BCUT2D eigenvalue weighted by atomic mass is 35.5. The number of nitrogens with zero attached hydrogens (tertiary/aromatic N) is 4. The van der Waals surface area contributed by atoms with E-state index in [4.69, 9.17) is 39.6 Å². The molecular weight excluding hydrogens is 455 g/mol. The molecule has 0 bridgehead atoms. The predicted octanol–water partition coefficient (Wildman–Crippen LogP) is 6.53. The molecule has 1 heterocycles. The van der Waals surface area contributed by atoms with Crippen LogP contribution in [0.15, 0.2) is 84.5 Å². The summed E-state index contributed by atoms with van der Waals surface area (Å²) in [7, 11) is 0. The number of halogens is 3. The van der Waals surface area contributed by atoms with Gasteiger partial charge in [-0.25, -0.2) is 9.67 Å². The smallest absolute Gasteiger partial charge is 0.143 e. The molecule has 0 unspecified atom stereocenters. The van der Waals surface area contributed by atoms with E-state index in [0.29, 0.717) is 27.3 Å². The van der Waals surface area contributed by atoms with Gasteiger partial charge in [-0.2, -0.15) is 5.10 Å². The molecule has 4 rings (SSSR count). The molecule has 0 aliphatic rings. The predicted molar refractivity (Wildman–Crippen MR) is 125 cm³/mol. The molecule has 156 valence electrons. The van der Waals surface area contributed by atoms with Gasteiger partial charge < -0.3 is 4.84 Å². The Hall–Kier alpha value is -2.86. The van der Waals surface area contributed by atoms with E-state index in [-0.39, 0.29) is 6.61 Å². The van der Waals surface area contributed by atoms with Gasteiger partial charge in [0.15, 0.2) is 0 Å². The van der Waals surface area contributed by atoms with Crippen molar-refractivity contribution in [1.29, 1.82) is 0 Å². The molecule has 0 atom stereocenters. The van der Waals surface area contributed by atoms with Crippen molar-refractivity contribution in [3.8, 4) is 11.1 Å². The summed E-state index contributed by atoms with van der Waals surface area (Å²) in [4.78, 5) is 9.61. The van der Waals surface area contributed by atoms with Crippen LogP contribution in [0.4, 0.5) is 0 Å². The van der Waals surface area contributed by atoms with E-state index < -0.39 is 0 Å². The number of hydrogen-bond acceptors (Lipinski definition) is 4. The molecule has 0 amide bonds. The van der Waals surface area contributed by atoms with Crippen molar-refractivity contribution in [2.75, 3.05) is 0 Å². The first kappa shape index (κ1) is 21.4. The van der Waals surface area contributed by atoms with E-state index in [1.165, 1.54) is 6.33 Å². The second-order valence-corrected chi connectivity index (χ2v) is 8.00. The van der Waals surface area contributed by atoms with Gasteiger partial charge in [-0.15, -0.1) is 0 Å². The van der Waals surface area contributed by atoms with Crippen LogP contribution in [-0.2, 0) is 18.0 Å². The first-order chi connectivity index (χ1) is 15.1. The Balaban J connectivity index is 1.55. The van der Waals surface area contributed by atoms with Crippen molar-refractivity contribution in [1.82, 2.24) is 14.8 Å². The first-order valence-electron chi connectivity index (χ1n) is 9.40. The van der Waals surface area contributed by atoms with Crippen LogP contribution in [0.1, 0.15) is 11.1 Å². The highest BCUT2D eigenvalue weighted by Gasteiger charge is 2.09. The largest absolute Gasteiger partial charge is 0.391 e. The Kier molecular flexibility index (Phi) is 6.87. The molecule has 1 aromatic heterocycles. The fourth-order valence-electron chi connectivity index (χ4n) is 2.96. The molecule has 0 N–H and O–H groups in total. The van der Waals surface area contributed by atoms with Crippen LogP contribution in [0.3, 0.4) is 0 Å². The highest BCUT2D eigenvalue weighted by Crippen LogP contribution is 2.23. The molecule has 5 nitrogen and oxygen atoms in total. The first-order valence-corrected chi connectivity index (χ1v) is 10.5. The third-order valence-corrected chi connectivity index (χ3v) is 5.42. The quantitative estimate of drug-likeness (QED) is 0.227. The SMILES string of the molecule is Clc1ccc(-c2ccc(C(Cn3cncn3)=NOCc3ccc(Cl)cc3Cl)cc2)cc1. The van der Waals surface area contributed by atoms with E-state index in [9.17, 15) is 0 Å². The van der Waals surface area contributed by atoms with Crippen molar-refractivity contribution >= 4 is 40.5 Å². The van der Waals surface area contributed by atoms with Gasteiger partial charge in [0.1, 0.15) is 25.0 Å². The third-order valence-electron chi connectivity index (χ3n) is 4.58. The highest BCUT2D eigenvalue weighted by molar-refractivity contribution is 6.35. The van der Waals surface area contributed by atoms with E-state index in [1.807, 2.05) is 54.6 Å². The standard InChI is InChI=1S/C23H17Cl3N4O/c24-20-8-5-17(6-9-20)16-1-3-18(4-2-16)23(12-30-15-27-14-28-30)29-31-13-19-7-10-21(25)11-22(19)26/h1-11,14-15H,12-13H2. The van der Waals surface area contributed by atoms with Crippen LogP contribution in [0.2, 0.25) is 15.1 Å². The Bertz CT molecular complexity index is 1170. The lowest BCUT2D eigenvalue weighted by Gasteiger charge is -2.09. The maximum atomic E-state index is 6.22. The van der Waals surface area contributed by atoms with Crippen molar-refractivity contribution in [2.45, 2.75) is 13.2 Å². The summed E-state index contributed by atoms with van der Waals surface area (Å²) in [6, 6.07) is 21.0. The van der Waals surface area contributed by atoms with Crippen molar-refractivity contribution in [2.24, 2.45) is 5.16 Å². The minimum atomic E-state index is 0.222. The average molecular weight is 472 g/mol. The molecular formula is C23H17Cl3N4O. The van der Waals surface area contributed by atoms with Crippen molar-refractivity contribution < 1.29 is 4.84 Å². The maximum absolute atomic E-state index is 6.22. The molecule has 0 saturated carbocycles. The normalized spacial score (nSPS) is 11.5. The number of aromatic nitrogens is 3. The lowest BCUT2D eigenvalue weighted by molar-refractivity contribution is 0.130. The molecule has 4 aromatic rings. The Morgan fingerprint density at radius 1 is 0.871 bits per heavy atom. The van der Waals surface area contributed by atoms with E-state index in [1.54, 1.807) is 23.1 Å². The number of rotatable bonds is 7. The molecule has 3 aromatic carbocycles. The summed E-state index contributed by atoms with van der Waals surface area (Å²) < 4.78 is 1.69. The second kappa shape index (κ2) is 9.96. The number of hydrogen-bond donors (Lipinski definition) is 0. The monoisotopic (exact) mass is 470 g/mol. The van der Waals surface area contributed by atoms with Gasteiger partial charge in [0, 0.05) is 26.2 Å². The van der Waals surface area contributed by atoms with Gasteiger partial charge in [0.25, 0.3) is 0 Å². The maximum Gasteiger partial charge on any atom is 0.143 e. The molecule has 0 fully saturated rings. The topological polar surface area (TPSA) is 52.3 Å². The van der Waals surface area contributed by atoms with Gasteiger partial charge >= 0.3 is 0 Å². The summed E-state index contributed by atoms with van der Waals surface area (Å²) in [5, 5.41) is 10.3. The van der Waals surface area contributed by atoms with Gasteiger partial charge in [0.2, 0.25) is 0 Å². The summed E-state index contributed by atoms with van der Waals surface area (Å²) in [5.74, 6) is 0. The van der Waals surface area contributed by atoms with Crippen LogP contribution in [0.25, 0.3) is 11.1 Å². The minimum absolute atomic E-state index is 0.222. The number of oxime groups is 1. The molecule has 0 spiro atoms. The molecule has 0 saturated heterocycles. The van der Waals surface area contributed by atoms with Crippen LogP contribution in [-0.4, -0.2) is 20.5 Å². The molecule has 31 heavy (non-hydrogen) atoms. The summed E-state index contributed by atoms with van der Waals surface area (Å²) in [6.45, 7) is 0.633. The van der Waals surface area contributed by atoms with Gasteiger partial charge in [0.05, 0.1) is 6.54 Å². The molecule has 0 radical (unpaired) electrons. The lowest BCUT2D eigenvalue weighted by Crippen LogP contribution is -2.13. The van der Waals surface area contributed by atoms with Crippen molar-refractivity contribution in [3.63, 3.8) is 0 Å². The van der Waals surface area contributed by atoms with E-state index in [0.717, 1.165) is 22.3 Å². The zero-order valence-corrected chi connectivity index (χ0v) is 18.5. The Morgan fingerprint density at radius 2 is 1.55 bits per heavy atom. The third kappa shape index (κ3) is 5.64. The fraction of sp³-hybridized carbons (Fsp3) is 0.0870. The van der Waals surface area contributed by atoms with Gasteiger partial charge in [-0.3, -0.25) is 0 Å². The average Bonchev–Trinajstić information content (AvgIpc) is 3.28. The zero-order chi connectivity index (χ0) is 21.6. The summed E-state index contributed by atoms with van der Waals surface area (Å²) in [5.41, 5.74) is 4.58. The lowest BCUT2D eigenvalue weighted by atomic mass is 10.0. The minimum Gasteiger partial charge on any atom is -0.391 e. The second-order valence-electron chi connectivity index (χ2n) is 6.72. The Morgan fingerprint density at radius 3 is 2.19 bits per heavy atom. The van der Waals surface area contributed by atoms with Crippen LogP contribution >= 0.6 is 34.8 Å². The molecule has 0 aliphatic carbocycles. The van der Waals surface area contributed by atoms with Crippen LogP contribution < -0.4 is 0 Å². The van der Waals surface area contributed by atoms with Crippen LogP contribution in [0, 0.1) is 0 Å². The molecule has 0 aliphatic heterocycles.